The molecule has 3 aromatic rings. The molecule has 6 heteroatoms. The van der Waals surface area contributed by atoms with E-state index < -0.39 is 0 Å². The van der Waals surface area contributed by atoms with Crippen LogP contribution in [0, 0.1) is 13.8 Å². The number of hydrogen-bond acceptors (Lipinski definition) is 5. The molecule has 0 saturated heterocycles. The van der Waals surface area contributed by atoms with E-state index in [1.165, 1.54) is 7.11 Å². The Hall–Kier alpha value is -3.15. The molecular formula is C20H21N3O3. The van der Waals surface area contributed by atoms with Crippen molar-refractivity contribution in [3.63, 3.8) is 0 Å². The van der Waals surface area contributed by atoms with E-state index in [2.05, 4.69) is 15.3 Å². The normalized spacial score (nSPS) is 10.6. The van der Waals surface area contributed by atoms with Crippen LogP contribution in [0.1, 0.15) is 27.2 Å². The summed E-state index contributed by atoms with van der Waals surface area (Å²) < 4.78 is 10.6. The minimum atomic E-state index is -0.347. The number of fused-ring (bicyclic) bond motifs is 1. The molecular weight excluding hydrogens is 330 g/mol. The molecule has 134 valence electrons. The standard InChI is InChI=1S/C20H21N3O3/c1-12-9-15-16(10-13(12)2)23-20(26-4)18(22-15)19(24)21-11-14-7-5-6-8-17(14)25-3/h5-10H,11H2,1-4H3,(H,21,24). The van der Waals surface area contributed by atoms with Crippen LogP contribution in [0.3, 0.4) is 0 Å². The highest BCUT2D eigenvalue weighted by atomic mass is 16.5. The van der Waals surface area contributed by atoms with Gasteiger partial charge in [0.15, 0.2) is 5.69 Å². The maximum absolute atomic E-state index is 12.7. The summed E-state index contributed by atoms with van der Waals surface area (Å²) in [6.07, 6.45) is 0. The number of methoxy groups -OCH3 is 2. The van der Waals surface area contributed by atoms with Crippen molar-refractivity contribution in [2.45, 2.75) is 20.4 Å². The number of amides is 1. The zero-order chi connectivity index (χ0) is 18.7. The largest absolute Gasteiger partial charge is 0.496 e. The number of para-hydroxylation sites is 1. The Bertz CT molecular complexity index is 970. The first-order valence-corrected chi connectivity index (χ1v) is 8.26. The van der Waals surface area contributed by atoms with Crippen LogP contribution in [-0.4, -0.2) is 30.1 Å². The SMILES string of the molecule is COc1ccccc1CNC(=O)c1nc2cc(C)c(C)cc2nc1OC. The zero-order valence-electron chi connectivity index (χ0n) is 15.3. The van der Waals surface area contributed by atoms with Crippen molar-refractivity contribution in [3.05, 3.63) is 58.8 Å². The molecule has 0 radical (unpaired) electrons. The van der Waals surface area contributed by atoms with Crippen molar-refractivity contribution in [2.75, 3.05) is 14.2 Å². The van der Waals surface area contributed by atoms with Crippen LogP contribution in [0.5, 0.6) is 11.6 Å². The van der Waals surface area contributed by atoms with Crippen molar-refractivity contribution in [2.24, 2.45) is 0 Å². The lowest BCUT2D eigenvalue weighted by atomic mass is 10.1. The quantitative estimate of drug-likeness (QED) is 0.764. The topological polar surface area (TPSA) is 73.3 Å². The molecule has 0 aliphatic carbocycles. The number of carbonyl (C=O) groups excluding carboxylic acids is 1. The van der Waals surface area contributed by atoms with Crippen LogP contribution in [0.15, 0.2) is 36.4 Å². The summed E-state index contributed by atoms with van der Waals surface area (Å²) in [6.45, 7) is 4.33. The lowest BCUT2D eigenvalue weighted by Crippen LogP contribution is -2.25. The average molecular weight is 351 g/mol. The van der Waals surface area contributed by atoms with Crippen LogP contribution in [0.25, 0.3) is 11.0 Å². The van der Waals surface area contributed by atoms with Gasteiger partial charge in [0.2, 0.25) is 5.88 Å². The number of nitrogens with zero attached hydrogens (tertiary/aromatic N) is 2. The summed E-state index contributed by atoms with van der Waals surface area (Å²) in [5.74, 6) is 0.578. The molecule has 1 N–H and O–H groups in total. The third kappa shape index (κ3) is 3.44. The molecule has 0 unspecified atom stereocenters. The molecule has 1 amide bonds. The van der Waals surface area contributed by atoms with E-state index in [0.29, 0.717) is 17.6 Å². The number of benzene rings is 2. The van der Waals surface area contributed by atoms with E-state index in [4.69, 9.17) is 9.47 Å². The summed E-state index contributed by atoms with van der Waals surface area (Å²) in [6, 6.07) is 11.4. The Kier molecular flexibility index (Phi) is 5.02. The molecule has 1 aromatic heterocycles. The van der Waals surface area contributed by atoms with Gasteiger partial charge in [-0.25, -0.2) is 9.97 Å². The zero-order valence-corrected chi connectivity index (χ0v) is 15.3. The highest BCUT2D eigenvalue weighted by Gasteiger charge is 2.18. The minimum absolute atomic E-state index is 0.165. The van der Waals surface area contributed by atoms with Crippen LogP contribution in [0.4, 0.5) is 0 Å². The van der Waals surface area contributed by atoms with Crippen molar-refractivity contribution >= 4 is 16.9 Å². The summed E-state index contributed by atoms with van der Waals surface area (Å²) in [4.78, 5) is 21.6. The van der Waals surface area contributed by atoms with Crippen molar-refractivity contribution in [1.29, 1.82) is 0 Å². The molecule has 0 saturated carbocycles. The second-order valence-electron chi connectivity index (χ2n) is 6.00. The number of rotatable bonds is 5. The smallest absolute Gasteiger partial charge is 0.275 e. The fourth-order valence-electron chi connectivity index (χ4n) is 2.69. The van der Waals surface area contributed by atoms with Gasteiger partial charge in [0.05, 0.1) is 25.3 Å². The van der Waals surface area contributed by atoms with E-state index >= 15 is 0 Å². The third-order valence-corrected chi connectivity index (χ3v) is 4.29. The van der Waals surface area contributed by atoms with Gasteiger partial charge in [0, 0.05) is 12.1 Å². The van der Waals surface area contributed by atoms with Crippen LogP contribution >= 0.6 is 0 Å². The van der Waals surface area contributed by atoms with Gasteiger partial charge in [-0.2, -0.15) is 0 Å². The number of carbonyl (C=O) groups is 1. The Morgan fingerprint density at radius 2 is 1.65 bits per heavy atom. The second kappa shape index (κ2) is 7.39. The predicted molar refractivity (Wildman–Crippen MR) is 99.7 cm³/mol. The van der Waals surface area contributed by atoms with E-state index in [-0.39, 0.29) is 17.5 Å². The molecule has 0 fully saturated rings. The van der Waals surface area contributed by atoms with E-state index in [1.54, 1.807) is 7.11 Å². The number of aryl methyl sites for hydroxylation is 2. The Labute approximate surface area is 152 Å². The van der Waals surface area contributed by atoms with Crippen LogP contribution < -0.4 is 14.8 Å². The molecule has 0 aliphatic heterocycles. The Morgan fingerprint density at radius 1 is 1.00 bits per heavy atom. The van der Waals surface area contributed by atoms with Gasteiger partial charge < -0.3 is 14.8 Å². The Balaban J connectivity index is 1.90. The van der Waals surface area contributed by atoms with Gasteiger partial charge in [-0.05, 0) is 43.2 Å². The van der Waals surface area contributed by atoms with Crippen molar-refractivity contribution < 1.29 is 14.3 Å². The van der Waals surface area contributed by atoms with Gasteiger partial charge in [-0.1, -0.05) is 18.2 Å². The van der Waals surface area contributed by atoms with Gasteiger partial charge >= 0.3 is 0 Å². The molecule has 1 heterocycles. The van der Waals surface area contributed by atoms with Gasteiger partial charge in [-0.15, -0.1) is 0 Å². The minimum Gasteiger partial charge on any atom is -0.496 e. The monoisotopic (exact) mass is 351 g/mol. The number of ether oxygens (including phenoxy) is 2. The Morgan fingerprint density at radius 3 is 2.31 bits per heavy atom. The molecule has 0 bridgehead atoms. The maximum Gasteiger partial charge on any atom is 0.275 e. The molecule has 26 heavy (non-hydrogen) atoms. The third-order valence-electron chi connectivity index (χ3n) is 4.29. The van der Waals surface area contributed by atoms with Gasteiger partial charge in [0.25, 0.3) is 5.91 Å². The molecule has 2 aromatic carbocycles. The predicted octanol–water partition coefficient (Wildman–Crippen LogP) is 3.19. The lowest BCUT2D eigenvalue weighted by Gasteiger charge is -2.12. The maximum atomic E-state index is 12.7. The molecule has 0 spiro atoms. The van der Waals surface area contributed by atoms with E-state index in [0.717, 1.165) is 22.4 Å². The fourth-order valence-corrected chi connectivity index (χ4v) is 2.69. The highest BCUT2D eigenvalue weighted by Crippen LogP contribution is 2.22. The van der Waals surface area contributed by atoms with Gasteiger partial charge in [0.1, 0.15) is 5.75 Å². The first-order valence-electron chi connectivity index (χ1n) is 8.26. The van der Waals surface area contributed by atoms with E-state index in [1.807, 2.05) is 50.2 Å². The summed E-state index contributed by atoms with van der Waals surface area (Å²) >= 11 is 0. The average Bonchev–Trinajstić information content (AvgIpc) is 2.66. The molecule has 0 aliphatic rings. The second-order valence-corrected chi connectivity index (χ2v) is 6.00. The van der Waals surface area contributed by atoms with Crippen molar-refractivity contribution in [3.8, 4) is 11.6 Å². The number of aromatic nitrogens is 2. The number of nitrogens with one attached hydrogen (secondary N) is 1. The lowest BCUT2D eigenvalue weighted by molar-refractivity contribution is 0.0942. The first-order chi connectivity index (χ1) is 12.5. The van der Waals surface area contributed by atoms with Gasteiger partial charge in [-0.3, -0.25) is 4.79 Å². The van der Waals surface area contributed by atoms with Crippen LogP contribution in [-0.2, 0) is 6.54 Å². The molecule has 6 nitrogen and oxygen atoms in total. The molecule has 0 atom stereocenters. The summed E-state index contributed by atoms with van der Waals surface area (Å²) in [7, 11) is 3.08. The number of hydrogen-bond donors (Lipinski definition) is 1. The molecule has 3 rings (SSSR count). The highest BCUT2D eigenvalue weighted by molar-refractivity contribution is 5.96. The van der Waals surface area contributed by atoms with Crippen molar-refractivity contribution in [1.82, 2.24) is 15.3 Å². The summed E-state index contributed by atoms with van der Waals surface area (Å²) in [5, 5.41) is 2.85. The first kappa shape index (κ1) is 17.7. The summed E-state index contributed by atoms with van der Waals surface area (Å²) in [5.41, 5.74) is 4.61. The fraction of sp³-hybridized carbons (Fsp3) is 0.250. The van der Waals surface area contributed by atoms with Crippen LogP contribution in [0.2, 0.25) is 0 Å². The van der Waals surface area contributed by atoms with E-state index in [9.17, 15) is 4.79 Å².